The Bertz CT molecular complexity index is 999. The van der Waals surface area contributed by atoms with Crippen LogP contribution in [0.2, 0.25) is 0 Å². The summed E-state index contributed by atoms with van der Waals surface area (Å²) in [6, 6.07) is 5.51. The molecule has 1 fully saturated rings. The summed E-state index contributed by atoms with van der Waals surface area (Å²) in [5.74, 6) is 2.21. The van der Waals surface area contributed by atoms with Crippen LogP contribution in [0.3, 0.4) is 0 Å². The van der Waals surface area contributed by atoms with Gasteiger partial charge >= 0.3 is 0 Å². The van der Waals surface area contributed by atoms with E-state index in [1.54, 1.807) is 16.9 Å². The Hall–Kier alpha value is -2.90. The van der Waals surface area contributed by atoms with Crippen LogP contribution in [0, 0.1) is 12.8 Å². The van der Waals surface area contributed by atoms with E-state index < -0.39 is 0 Å². The van der Waals surface area contributed by atoms with Crippen molar-refractivity contribution in [3.05, 3.63) is 46.6 Å². The van der Waals surface area contributed by atoms with E-state index in [-0.39, 0.29) is 5.56 Å². The number of hydrogen-bond donors (Lipinski definition) is 0. The number of aromatic nitrogens is 5. The van der Waals surface area contributed by atoms with Crippen LogP contribution in [-0.4, -0.2) is 50.6 Å². The average molecular weight is 367 g/mol. The van der Waals surface area contributed by atoms with Crippen molar-refractivity contribution in [3.8, 4) is 0 Å². The van der Waals surface area contributed by atoms with Gasteiger partial charge in [0.05, 0.1) is 5.69 Å². The van der Waals surface area contributed by atoms with Crippen LogP contribution in [0.25, 0.3) is 5.52 Å². The number of hydrogen-bond acceptors (Lipinski definition) is 6. The van der Waals surface area contributed by atoms with Gasteiger partial charge in [-0.1, -0.05) is 13.8 Å². The zero-order chi connectivity index (χ0) is 19.0. The molecule has 4 rings (SSSR count). The number of piperazine rings is 1. The molecule has 0 saturated carbocycles. The summed E-state index contributed by atoms with van der Waals surface area (Å²) in [7, 11) is 0. The second-order valence-corrected chi connectivity index (χ2v) is 7.45. The van der Waals surface area contributed by atoms with Gasteiger partial charge in [-0.05, 0) is 25.0 Å². The summed E-state index contributed by atoms with van der Waals surface area (Å²) >= 11 is 0. The molecule has 0 atom stereocenters. The molecule has 8 nitrogen and oxygen atoms in total. The van der Waals surface area contributed by atoms with E-state index in [0.29, 0.717) is 12.5 Å². The molecule has 0 aliphatic carbocycles. The highest BCUT2D eigenvalue weighted by atomic mass is 16.1. The molecule has 1 saturated heterocycles. The summed E-state index contributed by atoms with van der Waals surface area (Å²) in [5, 5.41) is 9.04. The Kier molecular flexibility index (Phi) is 4.55. The standard InChI is InChI=1S/C19H25N7O/c1-14(2)13-26-18(27)5-4-17(22-26)23-8-10-24(11-9-23)19-16-12-15(3)21-25(16)7-6-20-19/h4-7,12,14H,8-11,13H2,1-3H3. The second kappa shape index (κ2) is 7.02. The summed E-state index contributed by atoms with van der Waals surface area (Å²) in [4.78, 5) is 21.1. The minimum absolute atomic E-state index is 0.0435. The van der Waals surface area contributed by atoms with E-state index in [0.717, 1.165) is 49.0 Å². The molecule has 0 aromatic carbocycles. The van der Waals surface area contributed by atoms with Gasteiger partial charge in [-0.2, -0.15) is 10.2 Å². The lowest BCUT2D eigenvalue weighted by atomic mass is 10.2. The van der Waals surface area contributed by atoms with Gasteiger partial charge < -0.3 is 9.80 Å². The quantitative estimate of drug-likeness (QED) is 0.697. The summed E-state index contributed by atoms with van der Waals surface area (Å²) < 4.78 is 3.46. The molecule has 8 heteroatoms. The van der Waals surface area contributed by atoms with E-state index >= 15 is 0 Å². The smallest absolute Gasteiger partial charge is 0.266 e. The lowest BCUT2D eigenvalue weighted by molar-refractivity contribution is 0.461. The molecule has 1 aliphatic rings. The topological polar surface area (TPSA) is 71.6 Å². The predicted octanol–water partition coefficient (Wildman–Crippen LogP) is 1.58. The largest absolute Gasteiger partial charge is 0.352 e. The molecule has 4 heterocycles. The Morgan fingerprint density at radius 2 is 1.81 bits per heavy atom. The van der Waals surface area contributed by atoms with Crippen molar-refractivity contribution in [2.24, 2.45) is 5.92 Å². The third-order valence-electron chi connectivity index (χ3n) is 4.79. The molecular formula is C19H25N7O. The lowest BCUT2D eigenvalue weighted by Crippen LogP contribution is -2.47. The molecule has 0 N–H and O–H groups in total. The molecule has 3 aromatic rings. The molecule has 0 radical (unpaired) electrons. The van der Waals surface area contributed by atoms with Crippen LogP contribution >= 0.6 is 0 Å². The molecule has 3 aromatic heterocycles. The third-order valence-corrected chi connectivity index (χ3v) is 4.79. The van der Waals surface area contributed by atoms with Crippen LogP contribution in [-0.2, 0) is 6.54 Å². The maximum absolute atomic E-state index is 12.0. The highest BCUT2D eigenvalue weighted by Crippen LogP contribution is 2.22. The predicted molar refractivity (Wildman–Crippen MR) is 105 cm³/mol. The first-order chi connectivity index (χ1) is 13.0. The Morgan fingerprint density at radius 1 is 1.07 bits per heavy atom. The SMILES string of the molecule is Cc1cc2c(N3CCN(c4ccc(=O)n(CC(C)C)n4)CC3)nccn2n1. The first-order valence-corrected chi connectivity index (χ1v) is 9.40. The van der Waals surface area contributed by atoms with E-state index in [1.807, 2.05) is 23.7 Å². The Morgan fingerprint density at radius 3 is 2.56 bits per heavy atom. The van der Waals surface area contributed by atoms with Gasteiger partial charge in [0.2, 0.25) is 0 Å². The minimum atomic E-state index is -0.0435. The fourth-order valence-electron chi connectivity index (χ4n) is 3.51. The number of nitrogens with zero attached hydrogens (tertiary/aromatic N) is 7. The summed E-state index contributed by atoms with van der Waals surface area (Å²) in [5.41, 5.74) is 1.98. The van der Waals surface area contributed by atoms with Gasteiger partial charge in [0.25, 0.3) is 5.56 Å². The van der Waals surface area contributed by atoms with Crippen LogP contribution in [0.4, 0.5) is 11.6 Å². The van der Waals surface area contributed by atoms with Crippen molar-refractivity contribution in [2.75, 3.05) is 36.0 Å². The highest BCUT2D eigenvalue weighted by Gasteiger charge is 2.21. The van der Waals surface area contributed by atoms with Crippen LogP contribution in [0.15, 0.2) is 35.4 Å². The number of fused-ring (bicyclic) bond motifs is 1. The normalized spacial score (nSPS) is 15.1. The van der Waals surface area contributed by atoms with Crippen LogP contribution < -0.4 is 15.4 Å². The molecular weight excluding hydrogens is 342 g/mol. The molecule has 1 aliphatic heterocycles. The molecule has 27 heavy (non-hydrogen) atoms. The Balaban J connectivity index is 1.51. The maximum atomic E-state index is 12.0. The lowest BCUT2D eigenvalue weighted by Gasteiger charge is -2.36. The molecule has 142 valence electrons. The number of aryl methyl sites for hydroxylation is 1. The van der Waals surface area contributed by atoms with Gasteiger partial charge in [0.1, 0.15) is 11.3 Å². The fraction of sp³-hybridized carbons (Fsp3) is 0.474. The first kappa shape index (κ1) is 17.5. The summed E-state index contributed by atoms with van der Waals surface area (Å²) in [6.07, 6.45) is 3.68. The first-order valence-electron chi connectivity index (χ1n) is 9.40. The monoisotopic (exact) mass is 367 g/mol. The maximum Gasteiger partial charge on any atom is 0.266 e. The molecule has 0 unspecified atom stereocenters. The van der Waals surface area contributed by atoms with Crippen molar-refractivity contribution >= 4 is 17.2 Å². The van der Waals surface area contributed by atoms with Gasteiger partial charge in [0, 0.05) is 51.2 Å². The van der Waals surface area contributed by atoms with Crippen LogP contribution in [0.5, 0.6) is 0 Å². The van der Waals surface area contributed by atoms with Crippen molar-refractivity contribution < 1.29 is 0 Å². The van der Waals surface area contributed by atoms with Gasteiger partial charge in [0.15, 0.2) is 5.82 Å². The third kappa shape index (κ3) is 3.51. The minimum Gasteiger partial charge on any atom is -0.352 e. The van der Waals surface area contributed by atoms with Crippen molar-refractivity contribution in [3.63, 3.8) is 0 Å². The second-order valence-electron chi connectivity index (χ2n) is 7.45. The highest BCUT2D eigenvalue weighted by molar-refractivity contribution is 5.69. The molecule has 0 bridgehead atoms. The van der Waals surface area contributed by atoms with Gasteiger partial charge in [-0.25, -0.2) is 14.2 Å². The van der Waals surface area contributed by atoms with Crippen LogP contribution in [0.1, 0.15) is 19.5 Å². The molecule has 0 spiro atoms. The zero-order valence-electron chi connectivity index (χ0n) is 16.0. The Labute approximate surface area is 158 Å². The van der Waals surface area contributed by atoms with Crippen molar-refractivity contribution in [1.82, 2.24) is 24.4 Å². The van der Waals surface area contributed by atoms with Crippen molar-refractivity contribution in [2.45, 2.75) is 27.3 Å². The van der Waals surface area contributed by atoms with E-state index in [2.05, 4.69) is 44.9 Å². The number of anilines is 2. The fourth-order valence-corrected chi connectivity index (χ4v) is 3.51. The van der Waals surface area contributed by atoms with Crippen molar-refractivity contribution in [1.29, 1.82) is 0 Å². The average Bonchev–Trinajstić information content (AvgIpc) is 3.03. The zero-order valence-corrected chi connectivity index (χ0v) is 16.0. The molecule has 0 amide bonds. The van der Waals surface area contributed by atoms with Gasteiger partial charge in [-0.15, -0.1) is 0 Å². The van der Waals surface area contributed by atoms with E-state index in [1.165, 1.54) is 0 Å². The van der Waals surface area contributed by atoms with E-state index in [4.69, 9.17) is 0 Å². The summed E-state index contributed by atoms with van der Waals surface area (Å²) in [6.45, 7) is 10.2. The van der Waals surface area contributed by atoms with Gasteiger partial charge in [-0.3, -0.25) is 4.79 Å². The van der Waals surface area contributed by atoms with E-state index in [9.17, 15) is 4.79 Å². The number of rotatable bonds is 4.